The highest BCUT2D eigenvalue weighted by Gasteiger charge is 2.15. The van der Waals surface area contributed by atoms with Gasteiger partial charge in [0.05, 0.1) is 22.8 Å². The van der Waals surface area contributed by atoms with Gasteiger partial charge in [-0.1, -0.05) is 29.8 Å². The quantitative estimate of drug-likeness (QED) is 0.707. The van der Waals surface area contributed by atoms with E-state index in [9.17, 15) is 4.79 Å². The highest BCUT2D eigenvalue weighted by molar-refractivity contribution is 6.33. The number of ether oxygens (including phenoxy) is 1. The second-order valence-electron chi connectivity index (χ2n) is 5.24. The molecule has 0 spiro atoms. The highest BCUT2D eigenvalue weighted by Crippen LogP contribution is 2.29. The number of benzene rings is 2. The van der Waals surface area contributed by atoms with Gasteiger partial charge in [-0.2, -0.15) is 0 Å². The highest BCUT2D eigenvalue weighted by atomic mass is 35.5. The lowest BCUT2D eigenvalue weighted by atomic mass is 10.2. The molecule has 1 aromatic heterocycles. The number of rotatable bonds is 4. The van der Waals surface area contributed by atoms with E-state index in [1.165, 1.54) is 0 Å². The average molecular weight is 342 g/mol. The van der Waals surface area contributed by atoms with Crippen LogP contribution in [0.5, 0.6) is 0 Å². The van der Waals surface area contributed by atoms with Gasteiger partial charge in [-0.3, -0.25) is 0 Å². The standard InChI is InChI=1S/C18H16ClN3O2/c1-3-24-18(23)17-20-14-7-5-4-6-12(14)16(22-17)21-15-9-8-11(2)10-13(15)19/h4-10H,3H2,1-2H3,(H,20,21,22). The molecule has 3 aromatic rings. The first kappa shape index (κ1) is 16.2. The van der Waals surface area contributed by atoms with Crippen LogP contribution in [0.1, 0.15) is 23.1 Å². The van der Waals surface area contributed by atoms with Crippen LogP contribution in [0.2, 0.25) is 5.02 Å². The summed E-state index contributed by atoms with van der Waals surface area (Å²) in [5.74, 6) is -0.0306. The summed E-state index contributed by atoms with van der Waals surface area (Å²) in [5.41, 5.74) is 2.42. The molecule has 6 heteroatoms. The van der Waals surface area contributed by atoms with Crippen LogP contribution in [-0.4, -0.2) is 22.5 Å². The summed E-state index contributed by atoms with van der Waals surface area (Å²) in [6.07, 6.45) is 0. The lowest BCUT2D eigenvalue weighted by molar-refractivity contribution is 0.0512. The second kappa shape index (κ2) is 6.84. The molecule has 122 valence electrons. The molecule has 0 radical (unpaired) electrons. The Balaban J connectivity index is 2.09. The average Bonchev–Trinajstić information content (AvgIpc) is 2.57. The fraction of sp³-hybridized carbons (Fsp3) is 0.167. The Labute approximate surface area is 144 Å². The number of aryl methyl sites for hydroxylation is 1. The minimum absolute atomic E-state index is 0.0151. The zero-order valence-corrected chi connectivity index (χ0v) is 14.1. The molecule has 5 nitrogen and oxygen atoms in total. The van der Waals surface area contributed by atoms with E-state index in [1.807, 2.05) is 49.4 Å². The molecule has 1 heterocycles. The van der Waals surface area contributed by atoms with E-state index >= 15 is 0 Å². The summed E-state index contributed by atoms with van der Waals surface area (Å²) in [7, 11) is 0. The van der Waals surface area contributed by atoms with Crippen molar-refractivity contribution in [1.29, 1.82) is 0 Å². The first-order valence-corrected chi connectivity index (χ1v) is 7.93. The molecule has 0 fully saturated rings. The summed E-state index contributed by atoms with van der Waals surface area (Å²) >= 11 is 6.29. The number of para-hydroxylation sites is 1. The molecule has 0 aliphatic carbocycles. The number of halogens is 1. The summed E-state index contributed by atoms with van der Waals surface area (Å²) < 4.78 is 5.00. The lowest BCUT2D eigenvalue weighted by Crippen LogP contribution is -2.11. The van der Waals surface area contributed by atoms with Crippen molar-refractivity contribution < 1.29 is 9.53 Å². The van der Waals surface area contributed by atoms with E-state index in [0.29, 0.717) is 22.0 Å². The molecule has 0 bridgehead atoms. The summed E-state index contributed by atoms with van der Waals surface area (Å²) in [6.45, 7) is 3.97. The molecule has 0 saturated heterocycles. The van der Waals surface area contributed by atoms with Crippen LogP contribution in [-0.2, 0) is 4.74 Å². The summed E-state index contributed by atoms with van der Waals surface area (Å²) in [5, 5.41) is 4.56. The Hall–Kier alpha value is -2.66. The zero-order valence-electron chi connectivity index (χ0n) is 13.3. The van der Waals surface area contributed by atoms with E-state index in [1.54, 1.807) is 6.92 Å². The van der Waals surface area contributed by atoms with Gasteiger partial charge in [-0.25, -0.2) is 14.8 Å². The van der Waals surface area contributed by atoms with Gasteiger partial charge >= 0.3 is 5.97 Å². The van der Waals surface area contributed by atoms with Gasteiger partial charge < -0.3 is 10.1 Å². The Morgan fingerprint density at radius 2 is 2.00 bits per heavy atom. The molecule has 0 aliphatic heterocycles. The van der Waals surface area contributed by atoms with Crippen LogP contribution in [0.15, 0.2) is 42.5 Å². The van der Waals surface area contributed by atoms with E-state index < -0.39 is 5.97 Å². The molecule has 3 rings (SSSR count). The van der Waals surface area contributed by atoms with Crippen LogP contribution in [0.25, 0.3) is 10.9 Å². The summed E-state index contributed by atoms with van der Waals surface area (Å²) in [6, 6.07) is 13.1. The summed E-state index contributed by atoms with van der Waals surface area (Å²) in [4.78, 5) is 20.6. The van der Waals surface area contributed by atoms with E-state index in [2.05, 4.69) is 15.3 Å². The molecule has 0 amide bonds. The third-order valence-corrected chi connectivity index (χ3v) is 3.75. The fourth-order valence-corrected chi connectivity index (χ4v) is 2.59. The number of anilines is 2. The van der Waals surface area contributed by atoms with Crippen molar-refractivity contribution in [1.82, 2.24) is 9.97 Å². The minimum atomic E-state index is -0.554. The van der Waals surface area contributed by atoms with Crippen molar-refractivity contribution in [3.05, 3.63) is 58.9 Å². The first-order valence-electron chi connectivity index (χ1n) is 7.55. The predicted molar refractivity (Wildman–Crippen MR) is 95.0 cm³/mol. The van der Waals surface area contributed by atoms with Crippen LogP contribution in [0.3, 0.4) is 0 Å². The maximum Gasteiger partial charge on any atom is 0.376 e. The van der Waals surface area contributed by atoms with Crippen molar-refractivity contribution in [3.8, 4) is 0 Å². The molecular weight excluding hydrogens is 326 g/mol. The molecule has 0 aliphatic rings. The molecule has 0 unspecified atom stereocenters. The van der Waals surface area contributed by atoms with Gasteiger partial charge in [0.2, 0.25) is 5.82 Å². The van der Waals surface area contributed by atoms with Gasteiger partial charge in [0.25, 0.3) is 0 Å². The van der Waals surface area contributed by atoms with Crippen molar-refractivity contribution >= 4 is 40.0 Å². The maximum atomic E-state index is 12.0. The number of nitrogens with zero attached hydrogens (tertiary/aromatic N) is 2. The van der Waals surface area contributed by atoms with Crippen molar-refractivity contribution in [2.75, 3.05) is 11.9 Å². The van der Waals surface area contributed by atoms with Crippen molar-refractivity contribution in [3.63, 3.8) is 0 Å². The normalized spacial score (nSPS) is 10.6. The van der Waals surface area contributed by atoms with E-state index in [-0.39, 0.29) is 12.4 Å². The van der Waals surface area contributed by atoms with Gasteiger partial charge in [0, 0.05) is 5.39 Å². The number of esters is 1. The van der Waals surface area contributed by atoms with Crippen molar-refractivity contribution in [2.45, 2.75) is 13.8 Å². The Morgan fingerprint density at radius 3 is 2.75 bits per heavy atom. The monoisotopic (exact) mass is 341 g/mol. The molecule has 2 aromatic carbocycles. The largest absolute Gasteiger partial charge is 0.460 e. The van der Waals surface area contributed by atoms with E-state index in [4.69, 9.17) is 16.3 Å². The molecule has 1 N–H and O–H groups in total. The molecule has 0 atom stereocenters. The molecule has 0 saturated carbocycles. The third kappa shape index (κ3) is 3.31. The van der Waals surface area contributed by atoms with Gasteiger partial charge in [-0.05, 0) is 43.7 Å². The number of carbonyl (C=O) groups is 1. The van der Waals surface area contributed by atoms with Crippen LogP contribution >= 0.6 is 11.6 Å². The number of carbonyl (C=O) groups excluding carboxylic acids is 1. The maximum absolute atomic E-state index is 12.0. The molecule has 24 heavy (non-hydrogen) atoms. The second-order valence-corrected chi connectivity index (χ2v) is 5.65. The van der Waals surface area contributed by atoms with Crippen LogP contribution in [0, 0.1) is 6.92 Å². The van der Waals surface area contributed by atoms with Gasteiger partial charge in [0.15, 0.2) is 0 Å². The zero-order chi connectivity index (χ0) is 17.1. The molecular formula is C18H16ClN3O2. The SMILES string of the molecule is CCOC(=O)c1nc(Nc2ccc(C)cc2Cl)c2ccccc2n1. The number of aromatic nitrogens is 2. The third-order valence-electron chi connectivity index (χ3n) is 3.44. The number of fused-ring (bicyclic) bond motifs is 1. The van der Waals surface area contributed by atoms with Crippen LogP contribution < -0.4 is 5.32 Å². The number of hydrogen-bond donors (Lipinski definition) is 1. The van der Waals surface area contributed by atoms with Crippen molar-refractivity contribution in [2.24, 2.45) is 0 Å². The Bertz CT molecular complexity index is 912. The first-order chi connectivity index (χ1) is 11.6. The lowest BCUT2D eigenvalue weighted by Gasteiger charge is -2.12. The number of hydrogen-bond acceptors (Lipinski definition) is 5. The smallest absolute Gasteiger partial charge is 0.376 e. The van der Waals surface area contributed by atoms with Gasteiger partial charge in [0.1, 0.15) is 5.82 Å². The van der Waals surface area contributed by atoms with E-state index in [0.717, 1.165) is 10.9 Å². The van der Waals surface area contributed by atoms with Gasteiger partial charge in [-0.15, -0.1) is 0 Å². The topological polar surface area (TPSA) is 64.1 Å². The number of nitrogens with one attached hydrogen (secondary N) is 1. The minimum Gasteiger partial charge on any atom is -0.460 e. The predicted octanol–water partition coefficient (Wildman–Crippen LogP) is 4.51. The Morgan fingerprint density at radius 1 is 1.21 bits per heavy atom. The fourth-order valence-electron chi connectivity index (χ4n) is 2.31. The Kier molecular flexibility index (Phi) is 4.62. The van der Waals surface area contributed by atoms with Crippen LogP contribution in [0.4, 0.5) is 11.5 Å².